The van der Waals surface area contributed by atoms with Gasteiger partial charge in [0.2, 0.25) is 0 Å². The molecule has 2 rings (SSSR count). The zero-order chi connectivity index (χ0) is 13.8. The van der Waals surface area contributed by atoms with E-state index in [1.807, 2.05) is 6.92 Å². The second-order valence-corrected chi connectivity index (χ2v) is 6.72. The summed E-state index contributed by atoms with van der Waals surface area (Å²) in [5.41, 5.74) is 0. The number of anilines is 1. The summed E-state index contributed by atoms with van der Waals surface area (Å²) < 4.78 is 0.891. The number of rotatable bonds is 5. The first kappa shape index (κ1) is 14.8. The van der Waals surface area contributed by atoms with Gasteiger partial charge in [-0.3, -0.25) is 0 Å². The topological polar surface area (TPSA) is 29.0 Å². The van der Waals surface area contributed by atoms with Crippen molar-refractivity contribution in [2.24, 2.45) is 5.92 Å². The molecule has 1 aromatic rings. The molecule has 0 aromatic carbocycles. The van der Waals surface area contributed by atoms with Crippen LogP contribution in [0.1, 0.15) is 51.8 Å². The summed E-state index contributed by atoms with van der Waals surface area (Å²) in [6.07, 6.45) is 6.54. The Hall–Kier alpha value is -0.640. The summed E-state index contributed by atoms with van der Waals surface area (Å²) in [4.78, 5) is 11.5. The van der Waals surface area contributed by atoms with E-state index in [2.05, 4.69) is 50.7 Å². The molecule has 0 aliphatic heterocycles. The van der Waals surface area contributed by atoms with Crippen molar-refractivity contribution in [1.82, 2.24) is 9.97 Å². The van der Waals surface area contributed by atoms with Gasteiger partial charge in [0.05, 0.1) is 0 Å². The molecule has 0 amide bonds. The fourth-order valence-electron chi connectivity index (χ4n) is 2.76. The van der Waals surface area contributed by atoms with Gasteiger partial charge >= 0.3 is 0 Å². The zero-order valence-electron chi connectivity index (χ0n) is 12.2. The van der Waals surface area contributed by atoms with E-state index in [9.17, 15) is 0 Å². The van der Waals surface area contributed by atoms with Gasteiger partial charge in [-0.2, -0.15) is 0 Å². The molecule has 1 aromatic heterocycles. The minimum Gasteiger partial charge on any atom is -0.353 e. The van der Waals surface area contributed by atoms with Crippen molar-refractivity contribution in [2.75, 3.05) is 11.4 Å². The first-order valence-electron chi connectivity index (χ1n) is 7.34. The minimum absolute atomic E-state index is 0.667. The molecule has 1 aliphatic carbocycles. The Kier molecular flexibility index (Phi) is 5.20. The number of nitrogens with zero attached hydrogens (tertiary/aromatic N) is 3. The van der Waals surface area contributed by atoms with Crippen LogP contribution in [0.15, 0.2) is 10.7 Å². The lowest BCUT2D eigenvalue weighted by Gasteiger charge is -2.31. The molecule has 0 N–H and O–H groups in total. The third-order valence-corrected chi connectivity index (χ3v) is 4.21. The molecule has 3 nitrogen and oxygen atoms in total. The fourth-order valence-corrected chi connectivity index (χ4v) is 3.22. The standard InChI is InChI=1S/C15H24BrN3/c1-11(2)8-9-19(13-6-4-5-7-13)15-10-14(16)17-12(3)18-15/h10-11,13H,4-9H2,1-3H3. The van der Waals surface area contributed by atoms with Crippen LogP contribution in [0, 0.1) is 12.8 Å². The molecule has 19 heavy (non-hydrogen) atoms. The van der Waals surface area contributed by atoms with Crippen LogP contribution in [0.3, 0.4) is 0 Å². The highest BCUT2D eigenvalue weighted by molar-refractivity contribution is 9.10. The van der Waals surface area contributed by atoms with Gasteiger partial charge in [-0.05, 0) is 48.0 Å². The van der Waals surface area contributed by atoms with Crippen LogP contribution in [-0.4, -0.2) is 22.6 Å². The predicted molar refractivity (Wildman–Crippen MR) is 83.5 cm³/mol. The maximum atomic E-state index is 4.64. The maximum Gasteiger partial charge on any atom is 0.133 e. The van der Waals surface area contributed by atoms with E-state index >= 15 is 0 Å². The summed E-state index contributed by atoms with van der Waals surface area (Å²) in [7, 11) is 0. The molecular formula is C15H24BrN3. The normalized spacial score (nSPS) is 16.3. The van der Waals surface area contributed by atoms with Crippen molar-refractivity contribution < 1.29 is 0 Å². The van der Waals surface area contributed by atoms with Gasteiger partial charge in [0.25, 0.3) is 0 Å². The molecule has 0 radical (unpaired) electrons. The van der Waals surface area contributed by atoms with E-state index in [1.165, 1.54) is 32.1 Å². The second-order valence-electron chi connectivity index (χ2n) is 5.91. The van der Waals surface area contributed by atoms with Gasteiger partial charge in [-0.1, -0.05) is 26.7 Å². The van der Waals surface area contributed by atoms with E-state index in [0.29, 0.717) is 6.04 Å². The van der Waals surface area contributed by atoms with E-state index in [0.717, 1.165) is 28.7 Å². The summed E-state index contributed by atoms with van der Waals surface area (Å²) in [6, 6.07) is 2.73. The quantitative estimate of drug-likeness (QED) is 0.754. The Morgan fingerprint density at radius 2 is 2.00 bits per heavy atom. The molecule has 0 saturated heterocycles. The van der Waals surface area contributed by atoms with Crippen molar-refractivity contribution in [3.8, 4) is 0 Å². The molecule has 0 atom stereocenters. The lowest BCUT2D eigenvalue weighted by molar-refractivity contribution is 0.524. The molecule has 0 unspecified atom stereocenters. The van der Waals surface area contributed by atoms with Crippen LogP contribution >= 0.6 is 15.9 Å². The Balaban J connectivity index is 2.19. The fraction of sp³-hybridized carbons (Fsp3) is 0.733. The van der Waals surface area contributed by atoms with E-state index in [1.54, 1.807) is 0 Å². The molecule has 0 bridgehead atoms. The average Bonchev–Trinajstić information content (AvgIpc) is 2.81. The third-order valence-electron chi connectivity index (χ3n) is 3.80. The van der Waals surface area contributed by atoms with Crippen LogP contribution in [0.2, 0.25) is 0 Å². The van der Waals surface area contributed by atoms with E-state index in [4.69, 9.17) is 0 Å². The summed E-state index contributed by atoms with van der Waals surface area (Å²) in [6.45, 7) is 7.64. The van der Waals surface area contributed by atoms with Crippen LogP contribution < -0.4 is 4.90 Å². The second kappa shape index (κ2) is 6.69. The minimum atomic E-state index is 0.667. The highest BCUT2D eigenvalue weighted by Gasteiger charge is 2.24. The number of hydrogen-bond donors (Lipinski definition) is 0. The molecule has 1 saturated carbocycles. The van der Waals surface area contributed by atoms with Crippen molar-refractivity contribution in [2.45, 2.75) is 58.9 Å². The molecule has 106 valence electrons. The molecule has 4 heteroatoms. The molecule has 0 spiro atoms. The summed E-state index contributed by atoms with van der Waals surface area (Å²) >= 11 is 3.49. The van der Waals surface area contributed by atoms with Crippen molar-refractivity contribution in [3.63, 3.8) is 0 Å². The summed E-state index contributed by atoms with van der Waals surface area (Å²) in [5, 5.41) is 0. The first-order valence-corrected chi connectivity index (χ1v) is 8.13. The molecule has 1 heterocycles. The lowest BCUT2D eigenvalue weighted by atomic mass is 10.1. The SMILES string of the molecule is Cc1nc(Br)cc(N(CCC(C)C)C2CCCC2)n1. The van der Waals surface area contributed by atoms with Crippen molar-refractivity contribution >= 4 is 21.7 Å². The highest BCUT2D eigenvalue weighted by Crippen LogP contribution is 2.28. The number of hydrogen-bond acceptors (Lipinski definition) is 3. The largest absolute Gasteiger partial charge is 0.353 e. The van der Waals surface area contributed by atoms with Gasteiger partial charge in [-0.15, -0.1) is 0 Å². The Bertz CT molecular complexity index is 394. The van der Waals surface area contributed by atoms with Gasteiger partial charge in [0.15, 0.2) is 0 Å². The number of aryl methyl sites for hydroxylation is 1. The predicted octanol–water partition coefficient (Wildman–Crippen LogP) is 4.34. The Labute approximate surface area is 125 Å². The van der Waals surface area contributed by atoms with Crippen LogP contribution in [-0.2, 0) is 0 Å². The number of aromatic nitrogens is 2. The highest BCUT2D eigenvalue weighted by atomic mass is 79.9. The van der Waals surface area contributed by atoms with Gasteiger partial charge in [-0.25, -0.2) is 9.97 Å². The van der Waals surface area contributed by atoms with Crippen LogP contribution in [0.25, 0.3) is 0 Å². The van der Waals surface area contributed by atoms with Crippen molar-refractivity contribution in [1.29, 1.82) is 0 Å². The monoisotopic (exact) mass is 325 g/mol. The Morgan fingerprint density at radius 3 is 2.58 bits per heavy atom. The first-order chi connectivity index (χ1) is 9.06. The van der Waals surface area contributed by atoms with Crippen LogP contribution in [0.4, 0.5) is 5.82 Å². The van der Waals surface area contributed by atoms with Gasteiger partial charge < -0.3 is 4.90 Å². The van der Waals surface area contributed by atoms with E-state index < -0.39 is 0 Å². The number of halogens is 1. The molecular weight excluding hydrogens is 302 g/mol. The molecule has 1 fully saturated rings. The van der Waals surface area contributed by atoms with Crippen molar-refractivity contribution in [3.05, 3.63) is 16.5 Å². The zero-order valence-corrected chi connectivity index (χ0v) is 13.8. The average molecular weight is 326 g/mol. The third kappa shape index (κ3) is 4.16. The van der Waals surface area contributed by atoms with Gasteiger partial charge in [0, 0.05) is 18.7 Å². The Morgan fingerprint density at radius 1 is 1.32 bits per heavy atom. The van der Waals surface area contributed by atoms with Gasteiger partial charge in [0.1, 0.15) is 16.2 Å². The summed E-state index contributed by atoms with van der Waals surface area (Å²) in [5.74, 6) is 2.67. The maximum absolute atomic E-state index is 4.64. The van der Waals surface area contributed by atoms with E-state index in [-0.39, 0.29) is 0 Å². The van der Waals surface area contributed by atoms with Crippen LogP contribution in [0.5, 0.6) is 0 Å². The lowest BCUT2D eigenvalue weighted by Crippen LogP contribution is -2.35. The smallest absolute Gasteiger partial charge is 0.133 e. The molecule has 1 aliphatic rings.